The summed E-state index contributed by atoms with van der Waals surface area (Å²) in [5.74, 6) is -0.0302. The Labute approximate surface area is 98.9 Å². The summed E-state index contributed by atoms with van der Waals surface area (Å²) in [5, 5.41) is 0. The highest BCUT2D eigenvalue weighted by atomic mass is 16.1. The molecule has 3 nitrogen and oxygen atoms in total. The van der Waals surface area contributed by atoms with Gasteiger partial charge in [0.15, 0.2) is 0 Å². The van der Waals surface area contributed by atoms with Gasteiger partial charge in [0.2, 0.25) is 5.78 Å². The number of fused-ring (bicyclic) bond motifs is 1. The van der Waals surface area contributed by atoms with Crippen LogP contribution in [-0.2, 0) is 6.42 Å². The molecule has 0 saturated carbocycles. The van der Waals surface area contributed by atoms with Crippen molar-refractivity contribution in [2.45, 2.75) is 6.42 Å². The van der Waals surface area contributed by atoms with Crippen molar-refractivity contribution in [3.8, 4) is 0 Å². The Balaban J connectivity index is 2.01. The van der Waals surface area contributed by atoms with Gasteiger partial charge in [0.25, 0.3) is 0 Å². The van der Waals surface area contributed by atoms with E-state index in [-0.39, 0.29) is 5.78 Å². The summed E-state index contributed by atoms with van der Waals surface area (Å²) < 4.78 is 0. The quantitative estimate of drug-likeness (QED) is 0.732. The third-order valence-electron chi connectivity index (χ3n) is 2.82. The fraction of sp³-hybridized carbons (Fsp3) is 0.0714. The van der Waals surface area contributed by atoms with Crippen molar-refractivity contribution >= 4 is 11.4 Å². The molecule has 0 aromatic carbocycles. The second-order valence-corrected chi connectivity index (χ2v) is 3.86. The van der Waals surface area contributed by atoms with E-state index in [9.17, 15) is 4.79 Å². The normalized spacial score (nSPS) is 13.1. The molecule has 0 atom stereocenters. The topological polar surface area (TPSA) is 42.9 Å². The van der Waals surface area contributed by atoms with Crippen molar-refractivity contribution in [2.24, 2.45) is 0 Å². The van der Waals surface area contributed by atoms with Gasteiger partial charge in [0.1, 0.15) is 5.69 Å². The van der Waals surface area contributed by atoms with Crippen LogP contribution in [0.2, 0.25) is 0 Å². The van der Waals surface area contributed by atoms with Gasteiger partial charge in [-0.3, -0.25) is 14.8 Å². The predicted octanol–water partition coefficient (Wildman–Crippen LogP) is 2.30. The molecule has 82 valence electrons. The first-order valence-corrected chi connectivity index (χ1v) is 5.46. The summed E-state index contributed by atoms with van der Waals surface area (Å²) in [4.78, 5) is 20.6. The number of Topliss-reactive ketones (excluding diaryl/α,β-unsaturated/α-hetero) is 1. The number of carbonyl (C=O) groups is 1. The first kappa shape index (κ1) is 9.90. The third kappa shape index (κ3) is 1.65. The zero-order valence-corrected chi connectivity index (χ0v) is 9.13. The summed E-state index contributed by atoms with van der Waals surface area (Å²) >= 11 is 0. The molecule has 17 heavy (non-hydrogen) atoms. The maximum Gasteiger partial charge on any atom is 0.211 e. The van der Waals surface area contributed by atoms with Crippen LogP contribution in [-0.4, -0.2) is 15.8 Å². The number of allylic oxidation sites excluding steroid dienone is 2. The van der Waals surface area contributed by atoms with E-state index in [2.05, 4.69) is 9.97 Å². The number of ketones is 1. The number of nitrogens with zero attached hydrogens (tertiary/aromatic N) is 2. The van der Waals surface area contributed by atoms with E-state index >= 15 is 0 Å². The minimum absolute atomic E-state index is 0.0302. The number of rotatable bonds is 2. The molecule has 0 saturated heterocycles. The van der Waals surface area contributed by atoms with Gasteiger partial charge in [-0.2, -0.15) is 0 Å². The van der Waals surface area contributed by atoms with Crippen LogP contribution in [0.25, 0.3) is 5.57 Å². The van der Waals surface area contributed by atoms with E-state index < -0.39 is 0 Å². The smallest absolute Gasteiger partial charge is 0.211 e. The molecular weight excluding hydrogens is 212 g/mol. The Bertz CT molecular complexity index is 603. The molecule has 2 aromatic heterocycles. The summed E-state index contributed by atoms with van der Waals surface area (Å²) in [6.07, 6.45) is 6.03. The van der Waals surface area contributed by atoms with Gasteiger partial charge < -0.3 is 0 Å². The van der Waals surface area contributed by atoms with Gasteiger partial charge in [-0.25, -0.2) is 0 Å². The molecular formula is C14H10N2O. The Morgan fingerprint density at radius 1 is 1.06 bits per heavy atom. The van der Waals surface area contributed by atoms with E-state index in [1.165, 1.54) is 0 Å². The van der Waals surface area contributed by atoms with Crippen LogP contribution in [0.15, 0.2) is 48.8 Å². The predicted molar refractivity (Wildman–Crippen MR) is 64.5 cm³/mol. The Kier molecular flexibility index (Phi) is 2.29. The first-order valence-electron chi connectivity index (χ1n) is 5.46. The lowest BCUT2D eigenvalue weighted by Gasteiger charge is -2.03. The summed E-state index contributed by atoms with van der Waals surface area (Å²) in [6.45, 7) is 0. The molecule has 0 aliphatic heterocycles. The highest BCUT2D eigenvalue weighted by molar-refractivity contribution is 6.29. The van der Waals surface area contributed by atoms with Gasteiger partial charge >= 0.3 is 0 Å². The molecule has 0 spiro atoms. The van der Waals surface area contributed by atoms with E-state index in [1.54, 1.807) is 24.5 Å². The molecule has 0 unspecified atom stereocenters. The van der Waals surface area contributed by atoms with Gasteiger partial charge in [0.05, 0.1) is 5.69 Å². The standard InChI is InChI=1S/C14H10N2O/c17-14(13-5-1-2-8-16-13)11-6-7-12-10(11)4-3-9-15-12/h1-6,8-9H,7H2. The minimum atomic E-state index is -0.0302. The second kappa shape index (κ2) is 3.94. The van der Waals surface area contributed by atoms with Crippen LogP contribution in [0.5, 0.6) is 0 Å². The second-order valence-electron chi connectivity index (χ2n) is 3.86. The first-order chi connectivity index (χ1) is 8.36. The van der Waals surface area contributed by atoms with E-state index in [4.69, 9.17) is 0 Å². The largest absolute Gasteiger partial charge is 0.287 e. The molecule has 2 aromatic rings. The maximum atomic E-state index is 12.3. The van der Waals surface area contributed by atoms with Crippen molar-refractivity contribution in [1.29, 1.82) is 0 Å². The molecule has 3 rings (SSSR count). The van der Waals surface area contributed by atoms with Gasteiger partial charge in [-0.05, 0) is 18.2 Å². The molecule has 3 heteroatoms. The average molecular weight is 222 g/mol. The fourth-order valence-corrected chi connectivity index (χ4v) is 2.00. The molecule has 1 aliphatic carbocycles. The number of pyridine rings is 2. The van der Waals surface area contributed by atoms with Crippen LogP contribution in [0.1, 0.15) is 21.7 Å². The fourth-order valence-electron chi connectivity index (χ4n) is 2.00. The highest BCUT2D eigenvalue weighted by Gasteiger charge is 2.22. The SMILES string of the molecule is O=C(C1=CCc2ncccc21)c1ccccn1. The lowest BCUT2D eigenvalue weighted by atomic mass is 10.0. The Morgan fingerprint density at radius 2 is 1.94 bits per heavy atom. The zero-order valence-electron chi connectivity index (χ0n) is 9.13. The monoisotopic (exact) mass is 222 g/mol. The van der Waals surface area contributed by atoms with Gasteiger partial charge in [-0.15, -0.1) is 0 Å². The van der Waals surface area contributed by atoms with Gasteiger partial charge in [-0.1, -0.05) is 18.2 Å². The molecule has 0 fully saturated rings. The Hall–Kier alpha value is -2.29. The van der Waals surface area contributed by atoms with Crippen LogP contribution in [0, 0.1) is 0 Å². The van der Waals surface area contributed by atoms with E-state index in [0.29, 0.717) is 11.3 Å². The maximum absolute atomic E-state index is 12.3. The van der Waals surface area contributed by atoms with Crippen LogP contribution in [0.3, 0.4) is 0 Å². The molecule has 1 aliphatic rings. The molecule has 0 N–H and O–H groups in total. The highest BCUT2D eigenvalue weighted by Crippen LogP contribution is 2.27. The molecule has 0 bridgehead atoms. The Morgan fingerprint density at radius 3 is 2.76 bits per heavy atom. The van der Waals surface area contributed by atoms with Crippen LogP contribution < -0.4 is 0 Å². The van der Waals surface area contributed by atoms with E-state index in [0.717, 1.165) is 17.7 Å². The van der Waals surface area contributed by atoms with Crippen molar-refractivity contribution in [3.63, 3.8) is 0 Å². The van der Waals surface area contributed by atoms with Crippen LogP contribution in [0.4, 0.5) is 0 Å². The van der Waals surface area contributed by atoms with Gasteiger partial charge in [0, 0.05) is 30.0 Å². The molecule has 0 amide bonds. The molecule has 0 radical (unpaired) electrons. The zero-order chi connectivity index (χ0) is 11.7. The van der Waals surface area contributed by atoms with Crippen molar-refractivity contribution in [2.75, 3.05) is 0 Å². The number of aromatic nitrogens is 2. The van der Waals surface area contributed by atoms with Crippen molar-refractivity contribution in [3.05, 3.63) is 65.8 Å². The summed E-state index contributed by atoms with van der Waals surface area (Å²) in [5.41, 5.74) is 3.09. The average Bonchev–Trinajstić information content (AvgIpc) is 2.83. The number of hydrogen-bond donors (Lipinski definition) is 0. The lowest BCUT2D eigenvalue weighted by Crippen LogP contribution is -2.03. The third-order valence-corrected chi connectivity index (χ3v) is 2.82. The van der Waals surface area contributed by atoms with Crippen molar-refractivity contribution in [1.82, 2.24) is 9.97 Å². The lowest BCUT2D eigenvalue weighted by molar-refractivity contribution is 0.105. The summed E-state index contributed by atoms with van der Waals surface area (Å²) in [7, 11) is 0. The molecule has 2 heterocycles. The number of hydrogen-bond acceptors (Lipinski definition) is 3. The van der Waals surface area contributed by atoms with Crippen LogP contribution >= 0.6 is 0 Å². The van der Waals surface area contributed by atoms with E-state index in [1.807, 2.05) is 24.3 Å². The minimum Gasteiger partial charge on any atom is -0.287 e. The summed E-state index contributed by atoms with van der Waals surface area (Å²) in [6, 6.07) is 9.14. The number of carbonyl (C=O) groups excluding carboxylic acids is 1. The van der Waals surface area contributed by atoms with Crippen molar-refractivity contribution < 1.29 is 4.79 Å².